The van der Waals surface area contributed by atoms with E-state index in [1.165, 1.54) is 17.0 Å². The van der Waals surface area contributed by atoms with Crippen LogP contribution in [0.1, 0.15) is 61.6 Å². The van der Waals surface area contributed by atoms with E-state index in [1.807, 2.05) is 0 Å². The average molecular weight is 500 g/mol. The third kappa shape index (κ3) is 3.61. The fourth-order valence-corrected chi connectivity index (χ4v) is 4.28. The SMILES string of the molecule is CC1(c2nnc(C3CC3)o2)C(=O)Nc2nc(-c3cn4ncnc4c(CCCC(F)(F)F)n3)nc(N)c21. The van der Waals surface area contributed by atoms with Gasteiger partial charge in [-0.05, 0) is 32.6 Å². The van der Waals surface area contributed by atoms with Crippen LogP contribution in [0.2, 0.25) is 0 Å². The Balaban J connectivity index is 1.38. The maximum absolute atomic E-state index is 13.0. The fraction of sp³-hybridized carbons (Fsp3) is 0.429. The molecule has 0 saturated heterocycles. The predicted octanol–water partition coefficient (Wildman–Crippen LogP) is 2.57. The second-order valence-corrected chi connectivity index (χ2v) is 9.02. The molecule has 12 nitrogen and oxygen atoms in total. The Labute approximate surface area is 200 Å². The first-order chi connectivity index (χ1) is 17.1. The molecule has 1 amide bonds. The number of hydrogen-bond donors (Lipinski definition) is 2. The zero-order valence-corrected chi connectivity index (χ0v) is 18.9. The van der Waals surface area contributed by atoms with Crippen LogP contribution in [0.5, 0.6) is 0 Å². The normalized spacial score (nSPS) is 19.6. The molecule has 1 saturated carbocycles. The molecule has 1 aliphatic carbocycles. The van der Waals surface area contributed by atoms with Crippen molar-refractivity contribution in [2.45, 2.75) is 56.5 Å². The Morgan fingerprint density at radius 3 is 2.81 bits per heavy atom. The maximum Gasteiger partial charge on any atom is 0.389 e. The number of nitrogens with two attached hydrogens (primary N) is 1. The van der Waals surface area contributed by atoms with Crippen LogP contribution in [-0.4, -0.2) is 51.8 Å². The first-order valence-corrected chi connectivity index (χ1v) is 11.2. The molecular weight excluding hydrogens is 481 g/mol. The molecule has 186 valence electrons. The topological polar surface area (TPSA) is 163 Å². The molecule has 0 aromatic carbocycles. The van der Waals surface area contributed by atoms with Crippen molar-refractivity contribution in [1.82, 2.24) is 39.7 Å². The van der Waals surface area contributed by atoms with Gasteiger partial charge in [0, 0.05) is 12.3 Å². The minimum absolute atomic E-state index is 0.00105. The molecule has 0 bridgehead atoms. The molecular formula is C21H19F3N10O2. The summed E-state index contributed by atoms with van der Waals surface area (Å²) < 4.78 is 45.1. The highest BCUT2D eigenvalue weighted by molar-refractivity contribution is 6.08. The van der Waals surface area contributed by atoms with Crippen molar-refractivity contribution in [3.63, 3.8) is 0 Å². The Morgan fingerprint density at radius 2 is 2.06 bits per heavy atom. The number of aromatic nitrogens is 8. The van der Waals surface area contributed by atoms with Gasteiger partial charge in [-0.1, -0.05) is 0 Å². The minimum atomic E-state index is -4.28. The molecule has 1 fully saturated rings. The summed E-state index contributed by atoms with van der Waals surface area (Å²) >= 11 is 0. The van der Waals surface area contributed by atoms with Crippen molar-refractivity contribution in [3.05, 3.63) is 35.6 Å². The molecule has 15 heteroatoms. The number of fused-ring (bicyclic) bond motifs is 2. The summed E-state index contributed by atoms with van der Waals surface area (Å²) in [6, 6.07) is 0. The number of carbonyl (C=O) groups excluding carboxylic acids is 1. The molecule has 1 unspecified atom stereocenters. The largest absolute Gasteiger partial charge is 0.423 e. The maximum atomic E-state index is 13.0. The second kappa shape index (κ2) is 7.66. The average Bonchev–Trinajstić information content (AvgIpc) is 3.23. The van der Waals surface area contributed by atoms with Crippen molar-refractivity contribution in [3.8, 4) is 11.5 Å². The summed E-state index contributed by atoms with van der Waals surface area (Å²) in [5.41, 5.74) is 6.07. The zero-order chi connectivity index (χ0) is 25.2. The van der Waals surface area contributed by atoms with Crippen LogP contribution in [-0.2, 0) is 16.6 Å². The molecule has 0 spiro atoms. The number of rotatable bonds is 6. The number of nitrogen functional groups attached to an aromatic ring is 1. The van der Waals surface area contributed by atoms with Gasteiger partial charge < -0.3 is 15.5 Å². The lowest BCUT2D eigenvalue weighted by molar-refractivity contribution is -0.135. The van der Waals surface area contributed by atoms with Crippen molar-refractivity contribution >= 4 is 23.2 Å². The zero-order valence-electron chi connectivity index (χ0n) is 18.9. The molecule has 4 aromatic rings. The number of hydrogen-bond acceptors (Lipinski definition) is 10. The van der Waals surface area contributed by atoms with E-state index < -0.39 is 23.9 Å². The van der Waals surface area contributed by atoms with Crippen molar-refractivity contribution in [2.24, 2.45) is 0 Å². The van der Waals surface area contributed by atoms with Gasteiger partial charge in [0.05, 0.1) is 17.5 Å². The first-order valence-electron chi connectivity index (χ1n) is 11.2. The van der Waals surface area contributed by atoms with Crippen LogP contribution >= 0.6 is 0 Å². The number of halogens is 3. The van der Waals surface area contributed by atoms with Crippen molar-refractivity contribution in [2.75, 3.05) is 11.1 Å². The lowest BCUT2D eigenvalue weighted by atomic mass is 9.84. The fourth-order valence-electron chi connectivity index (χ4n) is 4.28. The molecule has 4 aromatic heterocycles. The van der Waals surface area contributed by atoms with E-state index in [4.69, 9.17) is 10.2 Å². The number of amides is 1. The van der Waals surface area contributed by atoms with Crippen LogP contribution in [0.3, 0.4) is 0 Å². The lowest BCUT2D eigenvalue weighted by Gasteiger charge is -2.18. The summed E-state index contributed by atoms with van der Waals surface area (Å²) in [4.78, 5) is 30.4. The lowest BCUT2D eigenvalue weighted by Crippen LogP contribution is -2.33. The van der Waals surface area contributed by atoms with Gasteiger partial charge in [0.25, 0.3) is 0 Å². The minimum Gasteiger partial charge on any atom is -0.423 e. The second-order valence-electron chi connectivity index (χ2n) is 9.02. The van der Waals surface area contributed by atoms with Crippen LogP contribution in [0.15, 0.2) is 16.9 Å². The smallest absolute Gasteiger partial charge is 0.389 e. The van der Waals surface area contributed by atoms with Crippen LogP contribution in [0.25, 0.3) is 17.2 Å². The van der Waals surface area contributed by atoms with Crippen molar-refractivity contribution < 1.29 is 22.4 Å². The Hall–Kier alpha value is -4.17. The Bertz CT molecular complexity index is 1510. The summed E-state index contributed by atoms with van der Waals surface area (Å²) in [5.74, 6) is 0.558. The summed E-state index contributed by atoms with van der Waals surface area (Å²) in [7, 11) is 0. The van der Waals surface area contributed by atoms with E-state index in [2.05, 4.69) is 40.5 Å². The van der Waals surface area contributed by atoms with Gasteiger partial charge >= 0.3 is 6.18 Å². The van der Waals surface area contributed by atoms with E-state index >= 15 is 0 Å². The highest BCUT2D eigenvalue weighted by Crippen LogP contribution is 2.46. The quantitative estimate of drug-likeness (QED) is 0.402. The van der Waals surface area contributed by atoms with Crippen LogP contribution in [0.4, 0.5) is 24.8 Å². The van der Waals surface area contributed by atoms with Crippen LogP contribution < -0.4 is 11.1 Å². The van der Waals surface area contributed by atoms with Crippen LogP contribution in [0, 0.1) is 0 Å². The van der Waals surface area contributed by atoms with E-state index in [1.54, 1.807) is 6.92 Å². The molecule has 1 aliphatic heterocycles. The molecule has 5 heterocycles. The number of nitrogens with one attached hydrogen (secondary N) is 1. The van der Waals surface area contributed by atoms with Gasteiger partial charge in [-0.15, -0.1) is 10.2 Å². The number of carbonyl (C=O) groups is 1. The molecule has 36 heavy (non-hydrogen) atoms. The van der Waals surface area contributed by atoms with E-state index in [0.29, 0.717) is 22.8 Å². The highest BCUT2D eigenvalue weighted by Gasteiger charge is 2.52. The molecule has 0 radical (unpaired) electrons. The number of nitrogens with zero attached hydrogens (tertiary/aromatic N) is 8. The summed E-state index contributed by atoms with van der Waals surface area (Å²) in [5, 5.41) is 14.9. The monoisotopic (exact) mass is 500 g/mol. The van der Waals surface area contributed by atoms with Gasteiger partial charge in [0.2, 0.25) is 17.7 Å². The third-order valence-electron chi connectivity index (χ3n) is 6.35. The summed E-state index contributed by atoms with van der Waals surface area (Å²) in [6.07, 6.45) is -0.701. The van der Waals surface area contributed by atoms with Gasteiger partial charge in [-0.25, -0.2) is 24.5 Å². The number of alkyl halides is 3. The van der Waals surface area contributed by atoms with Gasteiger partial charge in [0.15, 0.2) is 16.9 Å². The van der Waals surface area contributed by atoms with Gasteiger partial charge in [0.1, 0.15) is 23.7 Å². The van der Waals surface area contributed by atoms with E-state index in [-0.39, 0.29) is 47.8 Å². The number of aryl methyl sites for hydroxylation is 1. The molecule has 3 N–H and O–H groups in total. The first kappa shape index (κ1) is 22.3. The molecule has 1 atom stereocenters. The van der Waals surface area contributed by atoms with E-state index in [9.17, 15) is 18.0 Å². The standard InChI is InChI=1S/C21H19F3N10O2/c1-20(19-33-32-17(36-19)9-4-5-9)12-13(25)29-14(30-15(12)31-18(20)35)11-7-34-16(26-8-27-34)10(28-11)3-2-6-21(22,23)24/h7-9H,2-6H2,1H3,(H3,25,29,30,31,35). The predicted molar refractivity (Wildman–Crippen MR) is 117 cm³/mol. The van der Waals surface area contributed by atoms with E-state index in [0.717, 1.165) is 12.8 Å². The Kier molecular flexibility index (Phi) is 4.75. The van der Waals surface area contributed by atoms with Gasteiger partial charge in [-0.2, -0.15) is 18.3 Å². The van der Waals surface area contributed by atoms with Crippen molar-refractivity contribution in [1.29, 1.82) is 0 Å². The summed E-state index contributed by atoms with van der Waals surface area (Å²) in [6.45, 7) is 1.61. The Morgan fingerprint density at radius 1 is 1.25 bits per heavy atom. The molecule has 2 aliphatic rings. The molecule has 6 rings (SSSR count). The number of anilines is 2. The highest BCUT2D eigenvalue weighted by atomic mass is 19.4. The van der Waals surface area contributed by atoms with Gasteiger partial charge in [-0.3, -0.25) is 4.79 Å². The third-order valence-corrected chi connectivity index (χ3v) is 6.35.